The molecule has 0 aliphatic carbocycles. The Balaban J connectivity index is 1.95. The van der Waals surface area contributed by atoms with Crippen molar-refractivity contribution in [3.8, 4) is 29.0 Å². The monoisotopic (exact) mass is 331 g/mol. The molecule has 122 valence electrons. The number of ether oxygens (including phenoxy) is 1. The third-order valence-electron chi connectivity index (χ3n) is 4.13. The molecule has 0 saturated carbocycles. The summed E-state index contributed by atoms with van der Waals surface area (Å²) in [4.78, 5) is 4.02. The van der Waals surface area contributed by atoms with E-state index in [-0.39, 0.29) is 11.6 Å². The number of allylic oxidation sites excluding steroid dienone is 1. The Labute approximate surface area is 143 Å². The summed E-state index contributed by atoms with van der Waals surface area (Å²) in [6.07, 6.45) is 3.36. The first-order valence-corrected chi connectivity index (χ1v) is 7.54. The average Bonchev–Trinajstić information content (AvgIpc) is 3.05. The van der Waals surface area contributed by atoms with E-state index in [1.165, 1.54) is 0 Å². The number of nitrogens with one attached hydrogen (secondary N) is 1. The molecule has 0 bridgehead atoms. The zero-order valence-corrected chi connectivity index (χ0v) is 13.0. The van der Waals surface area contributed by atoms with Gasteiger partial charge in [-0.05, 0) is 29.8 Å². The number of benzene rings is 1. The van der Waals surface area contributed by atoms with Crippen LogP contribution in [0.15, 0.2) is 60.2 Å². The molecule has 0 saturated heterocycles. The predicted molar refractivity (Wildman–Crippen MR) is 89.2 cm³/mol. The van der Waals surface area contributed by atoms with Crippen molar-refractivity contribution in [2.45, 2.75) is 5.92 Å². The van der Waals surface area contributed by atoms with Gasteiger partial charge in [-0.15, -0.1) is 5.10 Å². The highest BCUT2D eigenvalue weighted by Gasteiger charge is 2.35. The van der Waals surface area contributed by atoms with Crippen LogP contribution in [0, 0.1) is 11.3 Å². The third-order valence-corrected chi connectivity index (χ3v) is 4.13. The fourth-order valence-electron chi connectivity index (χ4n) is 2.98. The number of hydrogen-bond acceptors (Lipinski definition) is 6. The molecule has 4 N–H and O–H groups in total. The number of hydrogen-bond donors (Lipinski definition) is 3. The van der Waals surface area contributed by atoms with E-state index >= 15 is 0 Å². The van der Waals surface area contributed by atoms with Crippen molar-refractivity contribution in [1.82, 2.24) is 15.2 Å². The molecule has 1 aliphatic heterocycles. The molecular weight excluding hydrogens is 318 g/mol. The summed E-state index contributed by atoms with van der Waals surface area (Å²) in [5, 5.41) is 26.4. The second-order valence-corrected chi connectivity index (χ2v) is 5.57. The normalized spacial score (nSPS) is 16.0. The second kappa shape index (κ2) is 5.69. The van der Waals surface area contributed by atoms with E-state index < -0.39 is 5.92 Å². The third kappa shape index (κ3) is 2.37. The van der Waals surface area contributed by atoms with Crippen LogP contribution in [0.25, 0.3) is 11.3 Å². The molecule has 0 unspecified atom stereocenters. The van der Waals surface area contributed by atoms with Crippen LogP contribution < -0.4 is 10.5 Å². The van der Waals surface area contributed by atoms with Gasteiger partial charge < -0.3 is 15.6 Å². The van der Waals surface area contributed by atoms with Crippen LogP contribution in [0.1, 0.15) is 17.0 Å². The Hall–Kier alpha value is -3.79. The average molecular weight is 331 g/mol. The highest BCUT2D eigenvalue weighted by molar-refractivity contribution is 5.70. The Kier molecular flexibility index (Phi) is 3.36. The smallest absolute Gasteiger partial charge is 0.244 e. The number of phenolic OH excluding ortho intramolecular Hbond substituents is 1. The molecule has 1 aromatic carbocycles. The zero-order chi connectivity index (χ0) is 17.4. The summed E-state index contributed by atoms with van der Waals surface area (Å²) < 4.78 is 5.54. The summed E-state index contributed by atoms with van der Waals surface area (Å²) >= 11 is 0. The Morgan fingerprint density at radius 2 is 1.88 bits per heavy atom. The van der Waals surface area contributed by atoms with Gasteiger partial charge in [0.05, 0.1) is 17.2 Å². The van der Waals surface area contributed by atoms with Gasteiger partial charge >= 0.3 is 0 Å². The van der Waals surface area contributed by atoms with E-state index in [2.05, 4.69) is 21.3 Å². The fourth-order valence-corrected chi connectivity index (χ4v) is 2.98. The first-order chi connectivity index (χ1) is 12.2. The maximum Gasteiger partial charge on any atom is 0.244 e. The quantitative estimate of drug-likeness (QED) is 0.663. The van der Waals surface area contributed by atoms with Crippen LogP contribution in [0.3, 0.4) is 0 Å². The van der Waals surface area contributed by atoms with Crippen LogP contribution in [-0.2, 0) is 0 Å². The van der Waals surface area contributed by atoms with Crippen molar-refractivity contribution in [2.24, 2.45) is 5.73 Å². The molecule has 2 aromatic heterocycles. The minimum atomic E-state index is -0.448. The molecule has 4 rings (SSSR count). The first kappa shape index (κ1) is 14.8. The van der Waals surface area contributed by atoms with Crippen LogP contribution >= 0.6 is 0 Å². The number of fused-ring (bicyclic) bond motifs is 1. The maximum atomic E-state index is 9.61. The van der Waals surface area contributed by atoms with Gasteiger partial charge in [0.25, 0.3) is 0 Å². The van der Waals surface area contributed by atoms with Crippen molar-refractivity contribution in [1.29, 1.82) is 5.26 Å². The van der Waals surface area contributed by atoms with Gasteiger partial charge in [-0.25, -0.2) is 0 Å². The summed E-state index contributed by atoms with van der Waals surface area (Å²) in [5.74, 6) is 0.0616. The lowest BCUT2D eigenvalue weighted by atomic mass is 9.83. The molecule has 7 heteroatoms. The highest BCUT2D eigenvalue weighted by Crippen LogP contribution is 2.45. The van der Waals surface area contributed by atoms with Crippen LogP contribution in [0.5, 0.6) is 11.6 Å². The SMILES string of the molecule is N#CC1=C(N)Oc2n[nH]c(-c3ccncc3)c2[C@@H]1c1ccc(O)cc1. The summed E-state index contributed by atoms with van der Waals surface area (Å²) in [5.41, 5.74) is 9.36. The molecule has 0 radical (unpaired) electrons. The van der Waals surface area contributed by atoms with Crippen molar-refractivity contribution in [2.75, 3.05) is 0 Å². The van der Waals surface area contributed by atoms with Gasteiger partial charge in [0, 0.05) is 18.0 Å². The Morgan fingerprint density at radius 3 is 2.56 bits per heavy atom. The van der Waals surface area contributed by atoms with Crippen molar-refractivity contribution in [3.05, 3.63) is 71.4 Å². The predicted octanol–water partition coefficient (Wildman–Crippen LogP) is 2.40. The lowest BCUT2D eigenvalue weighted by Gasteiger charge is -2.24. The summed E-state index contributed by atoms with van der Waals surface area (Å²) in [7, 11) is 0. The topological polar surface area (TPSA) is 121 Å². The molecule has 1 aliphatic rings. The van der Waals surface area contributed by atoms with Gasteiger partial charge in [0.15, 0.2) is 0 Å². The van der Waals surface area contributed by atoms with E-state index in [9.17, 15) is 10.4 Å². The Bertz CT molecular complexity index is 1000. The van der Waals surface area contributed by atoms with E-state index in [1.54, 1.807) is 36.7 Å². The highest BCUT2D eigenvalue weighted by atomic mass is 16.5. The minimum absolute atomic E-state index is 0.0286. The van der Waals surface area contributed by atoms with Crippen LogP contribution in [0.4, 0.5) is 0 Å². The minimum Gasteiger partial charge on any atom is -0.508 e. The lowest BCUT2D eigenvalue weighted by molar-refractivity contribution is 0.379. The molecule has 0 fully saturated rings. The molecule has 25 heavy (non-hydrogen) atoms. The van der Waals surface area contributed by atoms with Crippen LogP contribution in [-0.4, -0.2) is 20.3 Å². The number of phenols is 1. The number of aromatic nitrogens is 3. The molecular formula is C18H13N5O2. The number of rotatable bonds is 2. The second-order valence-electron chi connectivity index (χ2n) is 5.57. The molecule has 3 heterocycles. The maximum absolute atomic E-state index is 9.61. The van der Waals surface area contributed by atoms with Gasteiger partial charge in [-0.2, -0.15) is 5.26 Å². The first-order valence-electron chi connectivity index (χ1n) is 7.54. The molecule has 0 spiro atoms. The van der Waals surface area contributed by atoms with E-state index in [1.807, 2.05) is 12.1 Å². The van der Waals surface area contributed by atoms with Crippen molar-refractivity contribution in [3.63, 3.8) is 0 Å². The molecule has 0 amide bonds. The fraction of sp³-hybridized carbons (Fsp3) is 0.0556. The summed E-state index contributed by atoms with van der Waals surface area (Å²) in [6.45, 7) is 0. The largest absolute Gasteiger partial charge is 0.508 e. The summed E-state index contributed by atoms with van der Waals surface area (Å²) in [6, 6.07) is 12.5. The number of nitriles is 1. The van der Waals surface area contributed by atoms with Gasteiger partial charge in [-0.1, -0.05) is 12.1 Å². The van der Waals surface area contributed by atoms with Crippen molar-refractivity contribution < 1.29 is 9.84 Å². The molecule has 3 aromatic rings. The number of H-pyrrole nitrogens is 1. The van der Waals surface area contributed by atoms with E-state index in [0.717, 1.165) is 22.4 Å². The number of nitrogens with two attached hydrogens (primary N) is 1. The van der Waals surface area contributed by atoms with E-state index in [4.69, 9.17) is 10.5 Å². The molecule has 7 nitrogen and oxygen atoms in total. The molecule has 1 atom stereocenters. The van der Waals surface area contributed by atoms with E-state index in [0.29, 0.717) is 11.5 Å². The number of aromatic hydroxyl groups is 1. The Morgan fingerprint density at radius 1 is 1.16 bits per heavy atom. The number of aromatic amines is 1. The number of pyridine rings is 1. The van der Waals surface area contributed by atoms with Gasteiger partial charge in [0.1, 0.15) is 17.4 Å². The number of nitrogens with zero attached hydrogens (tertiary/aromatic N) is 3. The van der Waals surface area contributed by atoms with Gasteiger partial charge in [0.2, 0.25) is 11.8 Å². The lowest BCUT2D eigenvalue weighted by Crippen LogP contribution is -2.20. The van der Waals surface area contributed by atoms with Gasteiger partial charge in [-0.3, -0.25) is 10.1 Å². The standard InChI is InChI=1S/C18H13N5O2/c19-9-13-14(10-1-3-12(24)4-2-10)15-16(11-5-7-21-8-6-11)22-23-18(15)25-17(13)20/h1-8,14,24H,20H2,(H,22,23)/t14-/m1/s1. The zero-order valence-electron chi connectivity index (χ0n) is 13.0. The van der Waals surface area contributed by atoms with Crippen molar-refractivity contribution >= 4 is 0 Å². The van der Waals surface area contributed by atoms with Crippen LogP contribution in [0.2, 0.25) is 0 Å².